The van der Waals surface area contributed by atoms with Crippen molar-refractivity contribution in [1.29, 1.82) is 0 Å². The Balaban J connectivity index is 2.38. The van der Waals surface area contributed by atoms with E-state index in [0.29, 0.717) is 0 Å². The normalized spacial score (nSPS) is 11.4. The van der Waals surface area contributed by atoms with E-state index < -0.39 is 15.9 Å². The maximum atomic E-state index is 12.1. The van der Waals surface area contributed by atoms with Crippen LogP contribution in [0.2, 0.25) is 10.0 Å². The number of anilines is 1. The van der Waals surface area contributed by atoms with Crippen LogP contribution < -0.4 is 10.5 Å². The average Bonchev–Trinajstić information content (AvgIpc) is 2.78. The highest BCUT2D eigenvalue weighted by Gasteiger charge is 2.18. The summed E-state index contributed by atoms with van der Waals surface area (Å²) in [5, 5.41) is 11.3. The molecular weight excluding hydrogens is 339 g/mol. The van der Waals surface area contributed by atoms with Gasteiger partial charge >= 0.3 is 0 Å². The van der Waals surface area contributed by atoms with Crippen LogP contribution in [0.4, 0.5) is 5.69 Å². The average molecular weight is 349 g/mol. The first kappa shape index (κ1) is 15.8. The molecule has 0 radical (unpaired) electrons. The molecule has 2 rings (SSSR count). The monoisotopic (exact) mass is 348 g/mol. The van der Waals surface area contributed by atoms with Crippen LogP contribution in [0.3, 0.4) is 0 Å². The third kappa shape index (κ3) is 3.35. The topological polar surface area (TPSA) is 107 Å². The Morgan fingerprint density at radius 1 is 1.33 bits per heavy atom. The summed E-state index contributed by atoms with van der Waals surface area (Å²) in [6, 6.07) is 3.74. The van der Waals surface area contributed by atoms with Gasteiger partial charge in [-0.3, -0.25) is 9.48 Å². The Hall–Kier alpha value is -1.61. The number of carbonyl (C=O) groups is 1. The summed E-state index contributed by atoms with van der Waals surface area (Å²) in [4.78, 5) is 11.8. The lowest BCUT2D eigenvalue weighted by Gasteiger charge is -2.11. The van der Waals surface area contributed by atoms with Gasteiger partial charge in [0, 0.05) is 13.2 Å². The number of sulfonamides is 1. The SMILES string of the molecule is Cn1nccc1C(=O)Nc1c(Cl)cc(S(N)(=O)=O)cc1Cl. The van der Waals surface area contributed by atoms with Crippen molar-refractivity contribution in [3.63, 3.8) is 0 Å². The van der Waals surface area contributed by atoms with E-state index >= 15 is 0 Å². The third-order valence-electron chi connectivity index (χ3n) is 2.64. The van der Waals surface area contributed by atoms with Crippen molar-refractivity contribution in [3.8, 4) is 0 Å². The molecule has 0 bridgehead atoms. The molecule has 21 heavy (non-hydrogen) atoms. The van der Waals surface area contributed by atoms with Crippen molar-refractivity contribution < 1.29 is 13.2 Å². The van der Waals surface area contributed by atoms with Gasteiger partial charge in [0.2, 0.25) is 10.0 Å². The number of halogens is 2. The standard InChI is InChI=1S/C11H10Cl2N4O3S/c1-17-9(2-3-15-17)11(18)16-10-7(12)4-6(5-8(10)13)21(14,19)20/h2-5H,1H3,(H,16,18)(H2,14,19,20). The molecule has 112 valence electrons. The minimum absolute atomic E-state index is 0.0398. The lowest BCUT2D eigenvalue weighted by Crippen LogP contribution is -2.17. The van der Waals surface area contributed by atoms with Crippen LogP contribution in [0, 0.1) is 0 Å². The van der Waals surface area contributed by atoms with E-state index in [1.807, 2.05) is 0 Å². The molecule has 0 fully saturated rings. The molecular formula is C11H10Cl2N4O3S. The van der Waals surface area contributed by atoms with E-state index in [1.165, 1.54) is 16.9 Å². The first-order valence-electron chi connectivity index (χ1n) is 5.51. The summed E-state index contributed by atoms with van der Waals surface area (Å²) in [6.45, 7) is 0. The molecule has 1 aromatic carbocycles. The lowest BCUT2D eigenvalue weighted by atomic mass is 10.3. The van der Waals surface area contributed by atoms with Crippen molar-refractivity contribution in [2.24, 2.45) is 12.2 Å². The molecule has 0 atom stereocenters. The number of aromatic nitrogens is 2. The van der Waals surface area contributed by atoms with E-state index in [1.54, 1.807) is 7.05 Å². The van der Waals surface area contributed by atoms with Crippen molar-refractivity contribution in [1.82, 2.24) is 9.78 Å². The van der Waals surface area contributed by atoms with Gasteiger partial charge in [0.15, 0.2) is 0 Å². The second-order valence-electron chi connectivity index (χ2n) is 4.10. The van der Waals surface area contributed by atoms with Gasteiger partial charge in [-0.1, -0.05) is 23.2 Å². The molecule has 7 nitrogen and oxygen atoms in total. The second kappa shape index (κ2) is 5.64. The molecule has 0 aliphatic carbocycles. The Morgan fingerprint density at radius 3 is 2.33 bits per heavy atom. The molecule has 0 spiro atoms. The highest BCUT2D eigenvalue weighted by molar-refractivity contribution is 7.89. The number of nitrogens with one attached hydrogen (secondary N) is 1. The van der Waals surface area contributed by atoms with E-state index in [4.69, 9.17) is 28.3 Å². The molecule has 0 aliphatic heterocycles. The van der Waals surface area contributed by atoms with Gasteiger partial charge in [0.05, 0.1) is 20.6 Å². The van der Waals surface area contributed by atoms with Gasteiger partial charge in [-0.05, 0) is 18.2 Å². The highest BCUT2D eigenvalue weighted by Crippen LogP contribution is 2.33. The summed E-state index contributed by atoms with van der Waals surface area (Å²) in [5.74, 6) is -0.484. The molecule has 2 aromatic rings. The molecule has 0 saturated heterocycles. The molecule has 1 amide bonds. The van der Waals surface area contributed by atoms with Gasteiger partial charge in [-0.2, -0.15) is 5.10 Å². The third-order valence-corrected chi connectivity index (χ3v) is 4.13. The first-order chi connectivity index (χ1) is 9.70. The number of aryl methyl sites for hydroxylation is 1. The number of nitrogens with two attached hydrogens (primary N) is 1. The number of hydrogen-bond donors (Lipinski definition) is 2. The fourth-order valence-corrected chi connectivity index (χ4v) is 2.88. The van der Waals surface area contributed by atoms with E-state index in [9.17, 15) is 13.2 Å². The number of primary sulfonamides is 1. The summed E-state index contributed by atoms with van der Waals surface area (Å²) >= 11 is 11.9. The van der Waals surface area contributed by atoms with Crippen LogP contribution in [0.1, 0.15) is 10.5 Å². The molecule has 10 heteroatoms. The first-order valence-corrected chi connectivity index (χ1v) is 7.81. The summed E-state index contributed by atoms with van der Waals surface area (Å²) in [7, 11) is -2.34. The van der Waals surface area contributed by atoms with Crippen LogP contribution in [0.15, 0.2) is 29.3 Å². The molecule has 3 N–H and O–H groups in total. The zero-order chi connectivity index (χ0) is 15.8. The predicted octanol–water partition coefficient (Wildman–Crippen LogP) is 1.63. The highest BCUT2D eigenvalue weighted by atomic mass is 35.5. The quantitative estimate of drug-likeness (QED) is 0.878. The largest absolute Gasteiger partial charge is 0.318 e. The smallest absolute Gasteiger partial charge is 0.273 e. The predicted molar refractivity (Wildman–Crippen MR) is 79.0 cm³/mol. The minimum Gasteiger partial charge on any atom is -0.318 e. The van der Waals surface area contributed by atoms with Crippen molar-refractivity contribution in [2.45, 2.75) is 4.90 Å². The maximum absolute atomic E-state index is 12.1. The number of nitrogens with zero attached hydrogens (tertiary/aromatic N) is 2. The van der Waals surface area contributed by atoms with Crippen molar-refractivity contribution in [3.05, 3.63) is 40.1 Å². The zero-order valence-corrected chi connectivity index (χ0v) is 13.0. The van der Waals surface area contributed by atoms with E-state index in [0.717, 1.165) is 12.1 Å². The molecule has 1 aromatic heterocycles. The van der Waals surface area contributed by atoms with Gasteiger partial charge < -0.3 is 5.32 Å². The minimum atomic E-state index is -3.94. The van der Waals surface area contributed by atoms with Crippen LogP contribution in [0.5, 0.6) is 0 Å². The number of rotatable bonds is 3. The Kier molecular flexibility index (Phi) is 4.24. The second-order valence-corrected chi connectivity index (χ2v) is 6.48. The lowest BCUT2D eigenvalue weighted by molar-refractivity contribution is 0.101. The van der Waals surface area contributed by atoms with Gasteiger partial charge in [-0.25, -0.2) is 13.6 Å². The number of hydrogen-bond acceptors (Lipinski definition) is 4. The maximum Gasteiger partial charge on any atom is 0.273 e. The Morgan fingerprint density at radius 2 is 1.90 bits per heavy atom. The van der Waals surface area contributed by atoms with Gasteiger partial charge in [-0.15, -0.1) is 0 Å². The van der Waals surface area contributed by atoms with E-state index in [2.05, 4.69) is 10.4 Å². The fraction of sp³-hybridized carbons (Fsp3) is 0.0909. The number of carbonyl (C=O) groups excluding carboxylic acids is 1. The van der Waals surface area contributed by atoms with Crippen LogP contribution in [-0.2, 0) is 17.1 Å². The summed E-state index contributed by atoms with van der Waals surface area (Å²) in [6.07, 6.45) is 1.46. The number of benzene rings is 1. The Labute approximate surface area is 130 Å². The summed E-state index contributed by atoms with van der Waals surface area (Å²) in [5.41, 5.74) is 0.384. The molecule has 0 aliphatic rings. The molecule has 1 heterocycles. The van der Waals surface area contributed by atoms with E-state index in [-0.39, 0.29) is 26.3 Å². The molecule has 0 unspecified atom stereocenters. The van der Waals surface area contributed by atoms with Crippen LogP contribution in [0.25, 0.3) is 0 Å². The van der Waals surface area contributed by atoms with Crippen molar-refractivity contribution in [2.75, 3.05) is 5.32 Å². The zero-order valence-electron chi connectivity index (χ0n) is 10.7. The van der Waals surface area contributed by atoms with Crippen molar-refractivity contribution >= 4 is 44.8 Å². The van der Waals surface area contributed by atoms with Gasteiger partial charge in [0.1, 0.15) is 5.69 Å². The number of amides is 1. The van der Waals surface area contributed by atoms with Gasteiger partial charge in [0.25, 0.3) is 5.91 Å². The Bertz CT molecular complexity index is 794. The molecule has 0 saturated carbocycles. The fourth-order valence-electron chi connectivity index (χ4n) is 1.61. The van der Waals surface area contributed by atoms with Crippen LogP contribution >= 0.6 is 23.2 Å². The summed E-state index contributed by atoms with van der Waals surface area (Å²) < 4.78 is 23.9. The van der Waals surface area contributed by atoms with Crippen LogP contribution in [-0.4, -0.2) is 24.1 Å².